The van der Waals surface area contributed by atoms with Crippen LogP contribution in [0.15, 0.2) is 0 Å². The molecule has 1 aromatic rings. The van der Waals surface area contributed by atoms with Gasteiger partial charge in [-0.15, -0.1) is 0 Å². The summed E-state index contributed by atoms with van der Waals surface area (Å²) < 4.78 is 11.6. The van der Waals surface area contributed by atoms with Crippen molar-refractivity contribution in [3.05, 3.63) is 11.3 Å². The predicted molar refractivity (Wildman–Crippen MR) is 120 cm³/mol. The topological polar surface area (TPSA) is 71.0 Å². The number of nitrogens with zero attached hydrogens (tertiary/aromatic N) is 5. The van der Waals surface area contributed by atoms with Gasteiger partial charge in [-0.25, -0.2) is 4.79 Å². The third-order valence-electron chi connectivity index (χ3n) is 6.45. The maximum absolute atomic E-state index is 12.4. The summed E-state index contributed by atoms with van der Waals surface area (Å²) in [6.45, 7) is 10.2. The van der Waals surface area contributed by atoms with Crippen LogP contribution in [0.5, 0.6) is 6.01 Å². The van der Waals surface area contributed by atoms with Gasteiger partial charge in [0, 0.05) is 37.8 Å². The minimum Gasteiger partial charge on any atom is -0.462 e. The van der Waals surface area contributed by atoms with Crippen molar-refractivity contribution in [2.24, 2.45) is 0 Å². The Hall–Kier alpha value is -2.09. The van der Waals surface area contributed by atoms with Gasteiger partial charge in [0.2, 0.25) is 0 Å². The molecule has 1 amide bonds. The number of fused-ring (bicyclic) bond motifs is 1. The van der Waals surface area contributed by atoms with Crippen molar-refractivity contribution >= 4 is 11.9 Å². The van der Waals surface area contributed by atoms with Gasteiger partial charge in [-0.05, 0) is 72.9 Å². The predicted octanol–water partition coefficient (Wildman–Crippen LogP) is 2.89. The molecule has 2 aliphatic heterocycles. The van der Waals surface area contributed by atoms with Gasteiger partial charge in [0.15, 0.2) is 0 Å². The molecular formula is C23H37N5O3. The first-order valence-corrected chi connectivity index (χ1v) is 11.8. The van der Waals surface area contributed by atoms with E-state index in [4.69, 9.17) is 19.4 Å². The fraction of sp³-hybridized carbons (Fsp3) is 0.783. The molecule has 1 aromatic heterocycles. The molecular weight excluding hydrogens is 394 g/mol. The van der Waals surface area contributed by atoms with Gasteiger partial charge in [-0.1, -0.05) is 0 Å². The van der Waals surface area contributed by atoms with Crippen LogP contribution in [0.4, 0.5) is 10.6 Å². The summed E-state index contributed by atoms with van der Waals surface area (Å²) in [5.41, 5.74) is 1.93. The largest absolute Gasteiger partial charge is 0.462 e. The third-order valence-corrected chi connectivity index (χ3v) is 6.45. The first-order valence-electron chi connectivity index (χ1n) is 11.8. The summed E-state index contributed by atoms with van der Waals surface area (Å²) in [5.74, 6) is 1.00. The molecule has 3 aliphatic rings. The highest BCUT2D eigenvalue weighted by molar-refractivity contribution is 5.68. The van der Waals surface area contributed by atoms with Crippen molar-refractivity contribution in [2.45, 2.75) is 70.9 Å². The second-order valence-corrected chi connectivity index (χ2v) is 10.0. The molecule has 0 radical (unpaired) electrons. The molecule has 0 bridgehead atoms. The fourth-order valence-corrected chi connectivity index (χ4v) is 4.67. The maximum Gasteiger partial charge on any atom is 0.410 e. The number of likely N-dealkylation sites (N-methyl/N-ethyl adjacent to an activating group) is 1. The van der Waals surface area contributed by atoms with Crippen LogP contribution in [0, 0.1) is 0 Å². The number of piperazine rings is 1. The van der Waals surface area contributed by atoms with E-state index in [9.17, 15) is 4.79 Å². The van der Waals surface area contributed by atoms with Gasteiger partial charge in [0.25, 0.3) is 0 Å². The fourth-order valence-electron chi connectivity index (χ4n) is 4.67. The molecule has 0 N–H and O–H groups in total. The molecule has 8 heteroatoms. The number of rotatable bonds is 4. The summed E-state index contributed by atoms with van der Waals surface area (Å²) in [6.07, 6.45) is 6.51. The molecule has 172 valence electrons. The van der Waals surface area contributed by atoms with E-state index in [0.717, 1.165) is 44.0 Å². The van der Waals surface area contributed by atoms with Gasteiger partial charge < -0.3 is 24.2 Å². The molecule has 2 fully saturated rings. The Morgan fingerprint density at radius 2 is 1.77 bits per heavy atom. The zero-order valence-electron chi connectivity index (χ0n) is 19.5. The Morgan fingerprint density at radius 1 is 1.03 bits per heavy atom. The molecule has 0 unspecified atom stereocenters. The van der Waals surface area contributed by atoms with E-state index in [0.29, 0.717) is 31.7 Å². The highest BCUT2D eigenvalue weighted by Crippen LogP contribution is 2.31. The number of likely N-dealkylation sites (tertiary alicyclic amines) is 1. The van der Waals surface area contributed by atoms with Crippen LogP contribution in [0.3, 0.4) is 0 Å². The first kappa shape index (κ1) is 22.1. The van der Waals surface area contributed by atoms with E-state index in [1.54, 1.807) is 4.90 Å². The normalized spacial score (nSPS) is 22.4. The third kappa shape index (κ3) is 5.40. The smallest absolute Gasteiger partial charge is 0.410 e. The lowest BCUT2D eigenvalue weighted by molar-refractivity contribution is 0.0240. The molecule has 0 spiro atoms. The van der Waals surface area contributed by atoms with Crippen molar-refractivity contribution in [3.8, 4) is 6.01 Å². The molecule has 8 nitrogen and oxygen atoms in total. The second-order valence-electron chi connectivity index (χ2n) is 10.0. The standard InChI is InChI=1S/C23H37N5O3/c1-23(2,3)31-22(29)28-14-12-27(13-15-28)20-18-9-5-6-10-19(18)24-21(25-20)30-16-17-8-7-11-26(17)4/h17H,5-16H2,1-4H3/t17-/m0/s1. The van der Waals surface area contributed by atoms with Crippen molar-refractivity contribution in [2.75, 3.05) is 51.3 Å². The number of amides is 1. The van der Waals surface area contributed by atoms with Gasteiger partial charge >= 0.3 is 12.1 Å². The number of hydrogen-bond acceptors (Lipinski definition) is 7. The second kappa shape index (κ2) is 9.18. The number of anilines is 1. The number of carbonyl (C=O) groups excluding carboxylic acids is 1. The minimum absolute atomic E-state index is 0.235. The Balaban J connectivity index is 1.45. The van der Waals surface area contributed by atoms with E-state index in [2.05, 4.69) is 16.8 Å². The van der Waals surface area contributed by atoms with Gasteiger partial charge in [0.05, 0.1) is 5.69 Å². The lowest BCUT2D eigenvalue weighted by Crippen LogP contribution is -2.50. The summed E-state index contributed by atoms with van der Waals surface area (Å²) in [5, 5.41) is 0. The Morgan fingerprint density at radius 3 is 2.45 bits per heavy atom. The van der Waals surface area contributed by atoms with Crippen LogP contribution in [-0.2, 0) is 17.6 Å². The maximum atomic E-state index is 12.4. The average Bonchev–Trinajstić information content (AvgIpc) is 3.15. The van der Waals surface area contributed by atoms with E-state index in [1.807, 2.05) is 20.8 Å². The molecule has 0 aromatic carbocycles. The van der Waals surface area contributed by atoms with Crippen LogP contribution >= 0.6 is 0 Å². The SMILES string of the molecule is CN1CCC[C@H]1COc1nc2c(c(N3CCN(C(=O)OC(C)(C)C)CC3)n1)CCCC2. The van der Waals surface area contributed by atoms with E-state index >= 15 is 0 Å². The lowest BCUT2D eigenvalue weighted by Gasteiger charge is -2.37. The first-order chi connectivity index (χ1) is 14.8. The van der Waals surface area contributed by atoms with E-state index in [1.165, 1.54) is 31.2 Å². The summed E-state index contributed by atoms with van der Waals surface area (Å²) in [6, 6.07) is 0.950. The zero-order valence-corrected chi connectivity index (χ0v) is 19.5. The van der Waals surface area contributed by atoms with Crippen molar-refractivity contribution in [1.82, 2.24) is 19.8 Å². The van der Waals surface area contributed by atoms with Gasteiger partial charge in [-0.3, -0.25) is 0 Å². The number of ether oxygens (including phenoxy) is 2. The minimum atomic E-state index is -0.473. The number of carbonyl (C=O) groups is 1. The van der Waals surface area contributed by atoms with Crippen LogP contribution in [-0.4, -0.2) is 83.9 Å². The highest BCUT2D eigenvalue weighted by atomic mass is 16.6. The molecule has 1 atom stereocenters. The van der Waals surface area contributed by atoms with E-state index in [-0.39, 0.29) is 6.09 Å². The van der Waals surface area contributed by atoms with Crippen LogP contribution in [0.2, 0.25) is 0 Å². The molecule has 31 heavy (non-hydrogen) atoms. The van der Waals surface area contributed by atoms with Crippen LogP contribution < -0.4 is 9.64 Å². The quantitative estimate of drug-likeness (QED) is 0.726. The van der Waals surface area contributed by atoms with Gasteiger partial charge in [0.1, 0.15) is 18.0 Å². The Labute approximate surface area is 185 Å². The highest BCUT2D eigenvalue weighted by Gasteiger charge is 2.29. The summed E-state index contributed by atoms with van der Waals surface area (Å²) >= 11 is 0. The Bertz CT molecular complexity index is 786. The summed E-state index contributed by atoms with van der Waals surface area (Å²) in [7, 11) is 2.16. The lowest BCUT2D eigenvalue weighted by atomic mass is 9.96. The molecule has 0 saturated carbocycles. The van der Waals surface area contributed by atoms with Crippen LogP contribution in [0.25, 0.3) is 0 Å². The molecule has 2 saturated heterocycles. The average molecular weight is 432 g/mol. The van der Waals surface area contributed by atoms with Gasteiger partial charge in [-0.2, -0.15) is 9.97 Å². The van der Waals surface area contributed by atoms with Crippen molar-refractivity contribution in [3.63, 3.8) is 0 Å². The van der Waals surface area contributed by atoms with Crippen molar-refractivity contribution < 1.29 is 14.3 Å². The number of aromatic nitrogens is 2. The summed E-state index contributed by atoms with van der Waals surface area (Å²) in [4.78, 5) is 28.5. The van der Waals surface area contributed by atoms with Crippen molar-refractivity contribution in [1.29, 1.82) is 0 Å². The Kier molecular flexibility index (Phi) is 6.55. The number of aryl methyl sites for hydroxylation is 1. The van der Waals surface area contributed by atoms with E-state index < -0.39 is 5.60 Å². The monoisotopic (exact) mass is 431 g/mol. The van der Waals surface area contributed by atoms with Crippen LogP contribution in [0.1, 0.15) is 57.7 Å². The zero-order chi connectivity index (χ0) is 22.0. The number of hydrogen-bond donors (Lipinski definition) is 0. The molecule has 4 rings (SSSR count). The molecule has 1 aliphatic carbocycles. The molecule has 3 heterocycles.